The molecule has 0 aliphatic heterocycles. The van der Waals surface area contributed by atoms with Crippen molar-refractivity contribution in [3.05, 3.63) is 58.6 Å². The maximum Gasteiger partial charge on any atom is 0.225 e. The van der Waals surface area contributed by atoms with Gasteiger partial charge in [-0.2, -0.15) is 0 Å². The first-order valence-corrected chi connectivity index (χ1v) is 9.16. The zero-order valence-corrected chi connectivity index (χ0v) is 14.5. The molecule has 2 aromatic carbocycles. The largest absolute Gasteiger partial charge is 0.326 e. The van der Waals surface area contributed by atoms with Crippen molar-refractivity contribution in [3.8, 4) is 0 Å². The van der Waals surface area contributed by atoms with Gasteiger partial charge in [0.1, 0.15) is 0 Å². The number of carbonyl (C=O) groups is 1. The summed E-state index contributed by atoms with van der Waals surface area (Å²) in [5.41, 5.74) is 2.74. The number of halogens is 1. The van der Waals surface area contributed by atoms with E-state index in [1.807, 2.05) is 32.0 Å². The lowest BCUT2D eigenvalue weighted by Gasteiger charge is -2.09. The number of benzene rings is 2. The summed E-state index contributed by atoms with van der Waals surface area (Å²) in [6.45, 7) is 3.86. The summed E-state index contributed by atoms with van der Waals surface area (Å²) >= 11 is 5.81. The molecule has 0 aliphatic rings. The Hall–Kier alpha value is -1.85. The lowest BCUT2D eigenvalue weighted by Crippen LogP contribution is -2.18. The van der Waals surface area contributed by atoms with Crippen LogP contribution >= 0.6 is 11.6 Å². The molecule has 122 valence electrons. The molecular formula is C17H18ClNO3S. The standard InChI is InChI=1S/C17H18ClNO3S/c1-12-6-7-16(13(2)10-12)19-17(20)8-9-23(21,22)15-5-3-4-14(18)11-15/h3-7,10-11H,8-9H2,1-2H3,(H,19,20). The molecule has 2 aromatic rings. The van der Waals surface area contributed by atoms with E-state index in [1.165, 1.54) is 12.1 Å². The number of hydrogen-bond acceptors (Lipinski definition) is 3. The van der Waals surface area contributed by atoms with Crippen LogP contribution in [0.5, 0.6) is 0 Å². The molecule has 0 saturated heterocycles. The summed E-state index contributed by atoms with van der Waals surface area (Å²) in [7, 11) is -3.53. The Morgan fingerprint density at radius 1 is 1.13 bits per heavy atom. The lowest BCUT2D eigenvalue weighted by atomic mass is 10.1. The van der Waals surface area contributed by atoms with Crippen LogP contribution in [0.3, 0.4) is 0 Å². The number of sulfone groups is 1. The summed E-state index contributed by atoms with van der Waals surface area (Å²) in [4.78, 5) is 12.1. The SMILES string of the molecule is Cc1ccc(NC(=O)CCS(=O)(=O)c2cccc(Cl)c2)c(C)c1. The Morgan fingerprint density at radius 2 is 1.87 bits per heavy atom. The molecule has 23 heavy (non-hydrogen) atoms. The number of amides is 1. The van der Waals surface area contributed by atoms with Gasteiger partial charge in [0.05, 0.1) is 10.6 Å². The summed E-state index contributed by atoms with van der Waals surface area (Å²) in [5.74, 6) is -0.591. The van der Waals surface area contributed by atoms with Crippen LogP contribution in [0.15, 0.2) is 47.4 Å². The van der Waals surface area contributed by atoms with Crippen LogP contribution < -0.4 is 5.32 Å². The maximum atomic E-state index is 12.2. The van der Waals surface area contributed by atoms with Gasteiger partial charge in [0.25, 0.3) is 0 Å². The quantitative estimate of drug-likeness (QED) is 0.892. The minimum Gasteiger partial charge on any atom is -0.326 e. The van der Waals surface area contributed by atoms with Gasteiger partial charge in [-0.25, -0.2) is 8.42 Å². The first-order valence-electron chi connectivity index (χ1n) is 7.13. The molecule has 4 nitrogen and oxygen atoms in total. The van der Waals surface area contributed by atoms with E-state index in [9.17, 15) is 13.2 Å². The maximum absolute atomic E-state index is 12.2. The average molecular weight is 352 g/mol. The number of carbonyl (C=O) groups excluding carboxylic acids is 1. The van der Waals surface area contributed by atoms with E-state index in [0.29, 0.717) is 10.7 Å². The van der Waals surface area contributed by atoms with Gasteiger partial charge in [-0.1, -0.05) is 35.4 Å². The van der Waals surface area contributed by atoms with Crippen LogP contribution in [0.2, 0.25) is 5.02 Å². The van der Waals surface area contributed by atoms with E-state index in [4.69, 9.17) is 11.6 Å². The fourth-order valence-electron chi connectivity index (χ4n) is 2.17. The highest BCUT2D eigenvalue weighted by Crippen LogP contribution is 2.19. The Balaban J connectivity index is 2.01. The molecule has 0 aliphatic carbocycles. The van der Waals surface area contributed by atoms with E-state index in [0.717, 1.165) is 11.1 Å². The topological polar surface area (TPSA) is 63.2 Å². The highest BCUT2D eigenvalue weighted by molar-refractivity contribution is 7.91. The van der Waals surface area contributed by atoms with Crippen molar-refractivity contribution in [2.24, 2.45) is 0 Å². The zero-order chi connectivity index (χ0) is 17.0. The van der Waals surface area contributed by atoms with Gasteiger partial charge in [0.15, 0.2) is 9.84 Å². The number of aryl methyl sites for hydroxylation is 2. The highest BCUT2D eigenvalue weighted by Gasteiger charge is 2.17. The van der Waals surface area contributed by atoms with Gasteiger partial charge in [-0.3, -0.25) is 4.79 Å². The Labute approximate surface area is 141 Å². The second-order valence-corrected chi connectivity index (χ2v) is 7.94. The lowest BCUT2D eigenvalue weighted by molar-refractivity contribution is -0.115. The van der Waals surface area contributed by atoms with Gasteiger partial charge in [0.2, 0.25) is 5.91 Å². The van der Waals surface area contributed by atoms with Crippen LogP contribution in [0, 0.1) is 13.8 Å². The molecular weight excluding hydrogens is 334 g/mol. The molecule has 1 amide bonds. The van der Waals surface area contributed by atoms with Crippen molar-refractivity contribution in [2.45, 2.75) is 25.2 Å². The predicted octanol–water partition coefficient (Wildman–Crippen LogP) is 3.76. The third-order valence-corrected chi connectivity index (χ3v) is 5.36. The van der Waals surface area contributed by atoms with Crippen molar-refractivity contribution >= 4 is 33.0 Å². The van der Waals surface area contributed by atoms with Gasteiger partial charge in [0, 0.05) is 17.1 Å². The second kappa shape index (κ2) is 7.15. The average Bonchev–Trinajstić information content (AvgIpc) is 2.48. The van der Waals surface area contributed by atoms with E-state index >= 15 is 0 Å². The van der Waals surface area contributed by atoms with Crippen LogP contribution in [-0.2, 0) is 14.6 Å². The third-order valence-electron chi connectivity index (χ3n) is 3.41. The molecule has 6 heteroatoms. The molecule has 0 aromatic heterocycles. The van der Waals surface area contributed by atoms with Crippen molar-refractivity contribution in [2.75, 3.05) is 11.1 Å². The van der Waals surface area contributed by atoms with Crippen molar-refractivity contribution < 1.29 is 13.2 Å². The van der Waals surface area contributed by atoms with Gasteiger partial charge >= 0.3 is 0 Å². The van der Waals surface area contributed by atoms with Crippen molar-refractivity contribution in [1.29, 1.82) is 0 Å². The zero-order valence-electron chi connectivity index (χ0n) is 13.0. The number of anilines is 1. The van der Waals surface area contributed by atoms with Crippen LogP contribution in [0.4, 0.5) is 5.69 Å². The molecule has 1 N–H and O–H groups in total. The first kappa shape index (κ1) is 17.5. The summed E-state index contributed by atoms with van der Waals surface area (Å²) < 4.78 is 24.4. The first-order chi connectivity index (χ1) is 10.8. The molecule has 0 unspecified atom stereocenters. The van der Waals surface area contributed by atoms with Crippen LogP contribution in [0.25, 0.3) is 0 Å². The van der Waals surface area contributed by atoms with E-state index in [2.05, 4.69) is 5.32 Å². The van der Waals surface area contributed by atoms with Crippen molar-refractivity contribution in [1.82, 2.24) is 0 Å². The van der Waals surface area contributed by atoms with Gasteiger partial charge in [-0.15, -0.1) is 0 Å². The molecule has 2 rings (SSSR count). The van der Waals surface area contributed by atoms with Gasteiger partial charge < -0.3 is 5.32 Å². The summed E-state index contributed by atoms with van der Waals surface area (Å²) in [6, 6.07) is 11.7. The highest BCUT2D eigenvalue weighted by atomic mass is 35.5. The third kappa shape index (κ3) is 4.81. The van der Waals surface area contributed by atoms with E-state index in [1.54, 1.807) is 12.1 Å². The smallest absolute Gasteiger partial charge is 0.225 e. The number of nitrogens with one attached hydrogen (secondary N) is 1. The molecule has 0 radical (unpaired) electrons. The molecule has 0 fully saturated rings. The molecule has 0 bridgehead atoms. The Bertz CT molecular complexity index is 831. The minimum atomic E-state index is -3.53. The van der Waals surface area contributed by atoms with Gasteiger partial charge in [-0.05, 0) is 43.7 Å². The van der Waals surface area contributed by atoms with Crippen LogP contribution in [-0.4, -0.2) is 20.1 Å². The van der Waals surface area contributed by atoms with E-state index < -0.39 is 9.84 Å². The van der Waals surface area contributed by atoms with Crippen LogP contribution in [0.1, 0.15) is 17.5 Å². The fourth-order valence-corrected chi connectivity index (χ4v) is 3.71. The van der Waals surface area contributed by atoms with E-state index in [-0.39, 0.29) is 23.0 Å². The summed E-state index contributed by atoms with van der Waals surface area (Å²) in [5, 5.41) is 3.10. The normalized spacial score (nSPS) is 11.3. The summed E-state index contributed by atoms with van der Waals surface area (Å²) in [6.07, 6.45) is -0.109. The number of rotatable bonds is 5. The molecule has 0 saturated carbocycles. The second-order valence-electron chi connectivity index (χ2n) is 5.39. The number of hydrogen-bond donors (Lipinski definition) is 1. The Morgan fingerprint density at radius 3 is 2.52 bits per heavy atom. The minimum absolute atomic E-state index is 0.109. The fraction of sp³-hybridized carbons (Fsp3) is 0.235. The molecule has 0 heterocycles. The monoisotopic (exact) mass is 351 g/mol. The Kier molecular flexibility index (Phi) is 5.44. The molecule has 0 spiro atoms. The predicted molar refractivity (Wildman–Crippen MR) is 92.7 cm³/mol. The van der Waals surface area contributed by atoms with Crippen molar-refractivity contribution in [3.63, 3.8) is 0 Å². The molecule has 0 atom stereocenters.